The Labute approximate surface area is 109 Å². The Kier molecular flexibility index (Phi) is 3.78. The van der Waals surface area contributed by atoms with Gasteiger partial charge in [0.25, 0.3) is 0 Å². The zero-order chi connectivity index (χ0) is 14.0. The molecule has 0 saturated carbocycles. The number of halogens is 2. The van der Waals surface area contributed by atoms with Crippen LogP contribution in [0.5, 0.6) is 0 Å². The van der Waals surface area contributed by atoms with E-state index in [1.807, 2.05) is 0 Å². The van der Waals surface area contributed by atoms with Crippen molar-refractivity contribution in [2.75, 3.05) is 13.6 Å². The Morgan fingerprint density at radius 3 is 2.89 bits per heavy atom. The maximum atomic E-state index is 13.6. The quantitative estimate of drug-likeness (QED) is 0.840. The highest BCUT2D eigenvalue weighted by molar-refractivity contribution is 6.01. The molecule has 0 bridgehead atoms. The van der Waals surface area contributed by atoms with E-state index < -0.39 is 11.6 Å². The fourth-order valence-corrected chi connectivity index (χ4v) is 1.84. The van der Waals surface area contributed by atoms with Gasteiger partial charge in [-0.25, -0.2) is 8.78 Å². The highest BCUT2D eigenvalue weighted by atomic mass is 19.1. The van der Waals surface area contributed by atoms with Gasteiger partial charge in [0.1, 0.15) is 11.6 Å². The molecule has 1 aromatic rings. The van der Waals surface area contributed by atoms with Crippen molar-refractivity contribution in [2.45, 2.75) is 19.4 Å². The van der Waals surface area contributed by atoms with E-state index in [4.69, 9.17) is 4.84 Å². The highest BCUT2D eigenvalue weighted by Crippen LogP contribution is 2.20. The molecule has 1 amide bonds. The van der Waals surface area contributed by atoms with E-state index in [2.05, 4.69) is 5.16 Å². The molecule has 0 N–H and O–H groups in total. The summed E-state index contributed by atoms with van der Waals surface area (Å²) in [5.41, 5.74) is 0.661. The van der Waals surface area contributed by atoms with Crippen LogP contribution in [0.4, 0.5) is 8.78 Å². The van der Waals surface area contributed by atoms with Gasteiger partial charge in [0.2, 0.25) is 5.91 Å². The normalized spacial score (nSPS) is 17.9. The number of carbonyl (C=O) groups is 1. The van der Waals surface area contributed by atoms with Gasteiger partial charge in [-0.15, -0.1) is 0 Å². The molecule has 2 rings (SSSR count). The first-order valence-corrected chi connectivity index (χ1v) is 5.87. The summed E-state index contributed by atoms with van der Waals surface area (Å²) in [6.45, 7) is 1.83. The molecule has 102 valence electrons. The van der Waals surface area contributed by atoms with Crippen LogP contribution in [0, 0.1) is 11.6 Å². The summed E-state index contributed by atoms with van der Waals surface area (Å²) in [6.07, 6.45) is 0.0912. The van der Waals surface area contributed by atoms with Crippen LogP contribution >= 0.6 is 0 Å². The van der Waals surface area contributed by atoms with Crippen molar-refractivity contribution in [3.05, 3.63) is 35.4 Å². The molecule has 0 radical (unpaired) electrons. The standard InChI is InChI=1S/C13H14F2N2O2/c1-8(18)17(2)7-10-6-13(16-19-10)11-4-3-9(14)5-12(11)15/h3-5,10H,6-7H2,1-2H3. The first-order valence-electron chi connectivity index (χ1n) is 5.87. The number of rotatable bonds is 3. The van der Waals surface area contributed by atoms with Crippen LogP contribution in [0.1, 0.15) is 18.9 Å². The lowest BCUT2D eigenvalue weighted by molar-refractivity contribution is -0.129. The molecule has 1 aliphatic heterocycles. The predicted molar refractivity (Wildman–Crippen MR) is 65.7 cm³/mol. The molecule has 0 aromatic heterocycles. The van der Waals surface area contributed by atoms with Crippen LogP contribution in [0.3, 0.4) is 0 Å². The third kappa shape index (κ3) is 3.07. The van der Waals surface area contributed by atoms with Crippen molar-refractivity contribution in [1.29, 1.82) is 0 Å². The monoisotopic (exact) mass is 268 g/mol. The van der Waals surface area contributed by atoms with E-state index in [1.165, 1.54) is 24.0 Å². The van der Waals surface area contributed by atoms with E-state index >= 15 is 0 Å². The minimum Gasteiger partial charge on any atom is -0.390 e. The number of likely N-dealkylation sites (N-methyl/N-ethyl adjacent to an activating group) is 1. The van der Waals surface area contributed by atoms with Crippen molar-refractivity contribution >= 4 is 11.6 Å². The fourth-order valence-electron chi connectivity index (χ4n) is 1.84. The van der Waals surface area contributed by atoms with Gasteiger partial charge in [0.05, 0.1) is 12.3 Å². The summed E-state index contributed by atoms with van der Waals surface area (Å²) in [5, 5.41) is 3.81. The molecule has 1 atom stereocenters. The lowest BCUT2D eigenvalue weighted by Gasteiger charge is -2.17. The number of hydrogen-bond acceptors (Lipinski definition) is 3. The molecule has 0 fully saturated rings. The Morgan fingerprint density at radius 1 is 1.53 bits per heavy atom. The fraction of sp³-hybridized carbons (Fsp3) is 0.385. The molecular weight excluding hydrogens is 254 g/mol. The molecule has 1 heterocycles. The average Bonchev–Trinajstić information content (AvgIpc) is 2.77. The third-order valence-electron chi connectivity index (χ3n) is 2.99. The first-order chi connectivity index (χ1) is 8.97. The topological polar surface area (TPSA) is 41.9 Å². The van der Waals surface area contributed by atoms with Gasteiger partial charge in [0.15, 0.2) is 6.10 Å². The Morgan fingerprint density at radius 2 is 2.26 bits per heavy atom. The van der Waals surface area contributed by atoms with Gasteiger partial charge in [-0.3, -0.25) is 4.79 Å². The van der Waals surface area contributed by atoms with E-state index in [-0.39, 0.29) is 17.6 Å². The number of hydrogen-bond donors (Lipinski definition) is 0. The summed E-state index contributed by atoms with van der Waals surface area (Å²) < 4.78 is 26.4. The predicted octanol–water partition coefficient (Wildman–Crippen LogP) is 1.94. The molecule has 1 unspecified atom stereocenters. The van der Waals surface area contributed by atoms with E-state index in [0.717, 1.165) is 6.07 Å². The van der Waals surface area contributed by atoms with Crippen LogP contribution < -0.4 is 0 Å². The molecule has 1 aliphatic rings. The molecule has 0 spiro atoms. The number of nitrogens with zero attached hydrogens (tertiary/aromatic N) is 2. The van der Waals surface area contributed by atoms with Gasteiger partial charge in [-0.05, 0) is 12.1 Å². The lowest BCUT2D eigenvalue weighted by atomic mass is 10.0. The minimum atomic E-state index is -0.664. The molecule has 6 heteroatoms. The first kappa shape index (κ1) is 13.5. The van der Waals surface area contributed by atoms with Crippen molar-refractivity contribution in [3.8, 4) is 0 Å². The molecule has 0 aliphatic carbocycles. The van der Waals surface area contributed by atoms with Gasteiger partial charge >= 0.3 is 0 Å². The maximum absolute atomic E-state index is 13.6. The van der Waals surface area contributed by atoms with Crippen molar-refractivity contribution in [2.24, 2.45) is 5.16 Å². The average molecular weight is 268 g/mol. The van der Waals surface area contributed by atoms with E-state index in [9.17, 15) is 13.6 Å². The number of carbonyl (C=O) groups excluding carboxylic acids is 1. The number of benzene rings is 1. The summed E-state index contributed by atoms with van der Waals surface area (Å²) in [4.78, 5) is 17.8. The van der Waals surface area contributed by atoms with Crippen LogP contribution in [-0.2, 0) is 9.63 Å². The Bertz CT molecular complexity index is 531. The Balaban J connectivity index is 2.03. The summed E-state index contributed by atoms with van der Waals surface area (Å²) in [5.74, 6) is -1.37. The smallest absolute Gasteiger partial charge is 0.219 e. The molecule has 1 aromatic carbocycles. The maximum Gasteiger partial charge on any atom is 0.219 e. The van der Waals surface area contributed by atoms with E-state index in [0.29, 0.717) is 18.7 Å². The van der Waals surface area contributed by atoms with Gasteiger partial charge in [0, 0.05) is 32.0 Å². The Hall–Kier alpha value is -1.98. The van der Waals surface area contributed by atoms with Crippen LogP contribution in [0.2, 0.25) is 0 Å². The number of amides is 1. The summed E-state index contributed by atoms with van der Waals surface area (Å²) in [6, 6.07) is 3.33. The summed E-state index contributed by atoms with van der Waals surface area (Å²) >= 11 is 0. The SMILES string of the molecule is CC(=O)N(C)CC1CC(c2ccc(F)cc2F)=NO1. The molecule has 19 heavy (non-hydrogen) atoms. The van der Waals surface area contributed by atoms with Gasteiger partial charge in [-0.1, -0.05) is 5.16 Å². The largest absolute Gasteiger partial charge is 0.390 e. The second kappa shape index (κ2) is 5.34. The van der Waals surface area contributed by atoms with Crippen molar-refractivity contribution in [1.82, 2.24) is 4.90 Å². The van der Waals surface area contributed by atoms with Crippen LogP contribution in [-0.4, -0.2) is 36.2 Å². The zero-order valence-corrected chi connectivity index (χ0v) is 10.7. The zero-order valence-electron chi connectivity index (χ0n) is 10.7. The third-order valence-corrected chi connectivity index (χ3v) is 2.99. The van der Waals surface area contributed by atoms with Crippen LogP contribution in [0.15, 0.2) is 23.4 Å². The summed E-state index contributed by atoms with van der Waals surface area (Å²) in [7, 11) is 1.65. The number of oxime groups is 1. The molecular formula is C13H14F2N2O2. The molecule has 0 saturated heterocycles. The lowest BCUT2D eigenvalue weighted by Crippen LogP contribution is -2.32. The van der Waals surface area contributed by atoms with Gasteiger partial charge < -0.3 is 9.74 Å². The van der Waals surface area contributed by atoms with Gasteiger partial charge in [-0.2, -0.15) is 0 Å². The van der Waals surface area contributed by atoms with Crippen LogP contribution in [0.25, 0.3) is 0 Å². The second-order valence-corrected chi connectivity index (χ2v) is 4.49. The van der Waals surface area contributed by atoms with Crippen molar-refractivity contribution in [3.63, 3.8) is 0 Å². The molecule has 4 nitrogen and oxygen atoms in total. The minimum absolute atomic E-state index is 0.0787. The van der Waals surface area contributed by atoms with Crippen molar-refractivity contribution < 1.29 is 18.4 Å². The van der Waals surface area contributed by atoms with E-state index in [1.54, 1.807) is 7.05 Å². The highest BCUT2D eigenvalue weighted by Gasteiger charge is 2.25. The second-order valence-electron chi connectivity index (χ2n) is 4.49.